The molecular formula is C11H15FN2O3. The lowest BCUT2D eigenvalue weighted by molar-refractivity contribution is 0.0692. The van der Waals surface area contributed by atoms with Crippen molar-refractivity contribution < 1.29 is 19.4 Å². The van der Waals surface area contributed by atoms with Gasteiger partial charge in [0.15, 0.2) is 11.6 Å². The average Bonchev–Trinajstić information content (AvgIpc) is 2.26. The Bertz CT molecular complexity index is 410. The van der Waals surface area contributed by atoms with Gasteiger partial charge in [-0.25, -0.2) is 14.2 Å². The van der Waals surface area contributed by atoms with Crippen molar-refractivity contribution >= 4 is 11.8 Å². The van der Waals surface area contributed by atoms with Gasteiger partial charge in [0.2, 0.25) is 0 Å². The molecule has 5 nitrogen and oxygen atoms in total. The highest BCUT2D eigenvalue weighted by molar-refractivity contribution is 5.88. The van der Waals surface area contributed by atoms with Gasteiger partial charge in [0.1, 0.15) is 5.56 Å². The number of carboxylic acids is 1. The summed E-state index contributed by atoms with van der Waals surface area (Å²) in [4.78, 5) is 14.4. The van der Waals surface area contributed by atoms with Crippen LogP contribution in [0.3, 0.4) is 0 Å². The monoisotopic (exact) mass is 242 g/mol. The van der Waals surface area contributed by atoms with E-state index < -0.39 is 17.3 Å². The first-order chi connectivity index (χ1) is 7.97. The van der Waals surface area contributed by atoms with Crippen LogP contribution >= 0.6 is 0 Å². The van der Waals surface area contributed by atoms with Gasteiger partial charge in [-0.3, -0.25) is 0 Å². The van der Waals surface area contributed by atoms with E-state index in [1.807, 2.05) is 13.8 Å². The number of pyridine rings is 1. The lowest BCUT2D eigenvalue weighted by Gasteiger charge is -2.20. The van der Waals surface area contributed by atoms with E-state index in [2.05, 4.69) is 10.3 Å². The number of nitrogens with zero attached hydrogens (tertiary/aromatic N) is 1. The summed E-state index contributed by atoms with van der Waals surface area (Å²) >= 11 is 0. The molecule has 0 fully saturated rings. The van der Waals surface area contributed by atoms with Crippen molar-refractivity contribution in [3.63, 3.8) is 0 Å². The molecule has 0 aromatic carbocycles. The minimum Gasteiger partial charge on any atom is -0.478 e. The summed E-state index contributed by atoms with van der Waals surface area (Å²) in [5, 5.41) is 20.5. The second kappa shape index (κ2) is 5.58. The molecule has 0 saturated carbocycles. The topological polar surface area (TPSA) is 82.5 Å². The van der Waals surface area contributed by atoms with Crippen molar-refractivity contribution in [3.05, 3.63) is 23.6 Å². The van der Waals surface area contributed by atoms with E-state index in [0.717, 1.165) is 6.07 Å². The van der Waals surface area contributed by atoms with E-state index in [1.54, 1.807) is 0 Å². The fraction of sp³-hybridized carbons (Fsp3) is 0.455. The van der Waals surface area contributed by atoms with Gasteiger partial charge in [0.25, 0.3) is 0 Å². The zero-order valence-electron chi connectivity index (χ0n) is 9.64. The number of anilines is 1. The Morgan fingerprint density at radius 2 is 2.24 bits per heavy atom. The van der Waals surface area contributed by atoms with Crippen molar-refractivity contribution in [1.29, 1.82) is 0 Å². The molecule has 17 heavy (non-hydrogen) atoms. The van der Waals surface area contributed by atoms with Gasteiger partial charge >= 0.3 is 5.97 Å². The fourth-order valence-electron chi connectivity index (χ4n) is 1.31. The molecule has 3 N–H and O–H groups in total. The van der Waals surface area contributed by atoms with Crippen LogP contribution in [0.25, 0.3) is 0 Å². The van der Waals surface area contributed by atoms with Crippen LogP contribution in [0.15, 0.2) is 12.3 Å². The highest BCUT2D eigenvalue weighted by Gasteiger charge is 2.19. The lowest BCUT2D eigenvalue weighted by Crippen LogP contribution is -2.30. The van der Waals surface area contributed by atoms with Crippen LogP contribution < -0.4 is 5.32 Å². The third-order valence-electron chi connectivity index (χ3n) is 2.44. The molecule has 1 rings (SSSR count). The van der Waals surface area contributed by atoms with Crippen LogP contribution in [-0.2, 0) is 0 Å². The molecule has 0 unspecified atom stereocenters. The summed E-state index contributed by atoms with van der Waals surface area (Å²) in [5.74, 6) is -2.36. The van der Waals surface area contributed by atoms with Crippen LogP contribution in [0.2, 0.25) is 0 Å². The predicted octanol–water partition coefficient (Wildman–Crippen LogP) is 1.35. The largest absolute Gasteiger partial charge is 0.478 e. The number of hydrogen-bond acceptors (Lipinski definition) is 4. The molecule has 6 heteroatoms. The minimum absolute atomic E-state index is 0.0645. The molecule has 0 aliphatic carbocycles. The number of aromatic nitrogens is 1. The molecular weight excluding hydrogens is 227 g/mol. The van der Waals surface area contributed by atoms with E-state index in [4.69, 9.17) is 10.2 Å². The number of halogens is 1. The maximum atomic E-state index is 13.7. The first kappa shape index (κ1) is 13.4. The number of carboxylic acid groups (broad SMARTS) is 1. The zero-order valence-corrected chi connectivity index (χ0v) is 9.64. The second-order valence-corrected chi connectivity index (χ2v) is 4.00. The second-order valence-electron chi connectivity index (χ2n) is 4.00. The Labute approximate surface area is 98.3 Å². The van der Waals surface area contributed by atoms with Crippen LogP contribution in [0.1, 0.15) is 24.2 Å². The number of aromatic carboxylic acids is 1. The Hall–Kier alpha value is -1.69. The molecule has 0 aliphatic heterocycles. The standard InChI is InChI=1S/C11H15FN2O3/c1-6(2)8(5-15)14-10-9(12)7(11(16)17)3-4-13-10/h3-4,6,8,15H,5H2,1-2H3,(H,13,14)(H,16,17)/t8-/m1/s1. The fourth-order valence-corrected chi connectivity index (χ4v) is 1.31. The predicted molar refractivity (Wildman–Crippen MR) is 60.5 cm³/mol. The minimum atomic E-state index is -1.35. The number of nitrogens with one attached hydrogen (secondary N) is 1. The van der Waals surface area contributed by atoms with Crippen LogP contribution in [0, 0.1) is 11.7 Å². The van der Waals surface area contributed by atoms with Gasteiger partial charge in [-0.15, -0.1) is 0 Å². The summed E-state index contributed by atoms with van der Waals surface area (Å²) in [6, 6.07) is 0.715. The van der Waals surface area contributed by atoms with Crippen molar-refractivity contribution in [2.45, 2.75) is 19.9 Å². The normalized spacial score (nSPS) is 12.5. The zero-order chi connectivity index (χ0) is 13.0. The number of rotatable bonds is 5. The SMILES string of the molecule is CC(C)[C@@H](CO)Nc1nccc(C(=O)O)c1F. The van der Waals surface area contributed by atoms with E-state index in [9.17, 15) is 9.18 Å². The summed E-state index contributed by atoms with van der Waals surface area (Å²) in [6.45, 7) is 3.52. The van der Waals surface area contributed by atoms with Crippen LogP contribution in [0.5, 0.6) is 0 Å². The van der Waals surface area contributed by atoms with E-state index in [0.29, 0.717) is 0 Å². The number of carbonyl (C=O) groups is 1. The van der Waals surface area contributed by atoms with Crippen molar-refractivity contribution in [1.82, 2.24) is 4.98 Å². The maximum absolute atomic E-state index is 13.7. The van der Waals surface area contributed by atoms with Gasteiger partial charge in [0.05, 0.1) is 12.6 Å². The summed E-state index contributed by atoms with van der Waals surface area (Å²) in [6.07, 6.45) is 1.21. The Balaban J connectivity index is 2.99. The van der Waals surface area contributed by atoms with Crippen LogP contribution in [0.4, 0.5) is 10.2 Å². The smallest absolute Gasteiger partial charge is 0.338 e. The van der Waals surface area contributed by atoms with E-state index in [1.165, 1.54) is 6.20 Å². The molecule has 94 valence electrons. The van der Waals surface area contributed by atoms with Crippen molar-refractivity contribution in [2.75, 3.05) is 11.9 Å². The van der Waals surface area contributed by atoms with Gasteiger partial charge in [-0.2, -0.15) is 0 Å². The lowest BCUT2D eigenvalue weighted by atomic mass is 10.1. The first-order valence-corrected chi connectivity index (χ1v) is 5.22. The average molecular weight is 242 g/mol. The van der Waals surface area contributed by atoms with Crippen LogP contribution in [-0.4, -0.2) is 33.8 Å². The van der Waals surface area contributed by atoms with Crippen molar-refractivity contribution in [2.24, 2.45) is 5.92 Å². The van der Waals surface area contributed by atoms with Crippen molar-refractivity contribution in [3.8, 4) is 0 Å². The van der Waals surface area contributed by atoms with E-state index in [-0.39, 0.29) is 24.4 Å². The van der Waals surface area contributed by atoms with Gasteiger partial charge in [-0.05, 0) is 12.0 Å². The molecule has 1 heterocycles. The molecule has 1 atom stereocenters. The summed E-state index contributed by atoms with van der Waals surface area (Å²) in [7, 11) is 0. The third kappa shape index (κ3) is 3.13. The van der Waals surface area contributed by atoms with Gasteiger partial charge in [0, 0.05) is 6.20 Å². The number of aliphatic hydroxyl groups is 1. The number of aliphatic hydroxyl groups excluding tert-OH is 1. The van der Waals surface area contributed by atoms with Gasteiger partial charge in [-0.1, -0.05) is 13.8 Å². The summed E-state index contributed by atoms with van der Waals surface area (Å²) < 4.78 is 13.7. The van der Waals surface area contributed by atoms with E-state index >= 15 is 0 Å². The highest BCUT2D eigenvalue weighted by atomic mass is 19.1. The van der Waals surface area contributed by atoms with Gasteiger partial charge < -0.3 is 15.5 Å². The Morgan fingerprint density at radius 3 is 2.71 bits per heavy atom. The Morgan fingerprint density at radius 1 is 1.59 bits per heavy atom. The molecule has 0 spiro atoms. The maximum Gasteiger partial charge on any atom is 0.338 e. The molecule has 1 aromatic rings. The third-order valence-corrected chi connectivity index (χ3v) is 2.44. The quantitative estimate of drug-likeness (QED) is 0.726. The number of hydrogen-bond donors (Lipinski definition) is 3. The molecule has 0 amide bonds. The molecule has 0 radical (unpaired) electrons. The molecule has 0 aliphatic rings. The Kier molecular flexibility index (Phi) is 4.39. The summed E-state index contributed by atoms with van der Waals surface area (Å²) in [5.41, 5.74) is -0.442. The molecule has 1 aromatic heterocycles. The molecule has 0 bridgehead atoms. The highest BCUT2D eigenvalue weighted by Crippen LogP contribution is 2.17. The molecule has 0 saturated heterocycles. The first-order valence-electron chi connectivity index (χ1n) is 5.22.